The lowest BCUT2D eigenvalue weighted by Crippen LogP contribution is -2.27. The number of rotatable bonds is 34. The molecule has 0 aliphatic rings. The van der Waals surface area contributed by atoms with Gasteiger partial charge in [0.2, 0.25) is 0 Å². The van der Waals surface area contributed by atoms with Crippen molar-refractivity contribution in [2.45, 2.75) is 174 Å². The molecule has 0 saturated carbocycles. The molecule has 260 valence electrons. The Balaban J connectivity index is 3.52. The normalized spacial score (nSPS) is 13.0. The Morgan fingerprint density at radius 1 is 0.533 bits per heavy atom. The van der Waals surface area contributed by atoms with E-state index in [1.165, 1.54) is 89.9 Å². The molecule has 0 fully saturated rings. The second kappa shape index (κ2) is 38.3. The summed E-state index contributed by atoms with van der Waals surface area (Å²) >= 11 is 0. The number of hydrogen-bond acceptors (Lipinski definition) is 4. The third-order valence-corrected chi connectivity index (χ3v) is 7.80. The van der Waals surface area contributed by atoms with Crippen molar-refractivity contribution in [3.8, 4) is 0 Å². The molecule has 0 aromatic rings. The minimum Gasteiger partial charge on any atom is -0.457 e. The first-order valence-electron chi connectivity index (χ1n) is 18.9. The van der Waals surface area contributed by atoms with Crippen LogP contribution in [0.5, 0.6) is 0 Å². The monoisotopic (exact) mass is 629 g/mol. The van der Waals surface area contributed by atoms with Gasteiger partial charge >= 0.3 is 5.97 Å². The Bertz CT molecular complexity index is 749. The number of ether oxygens (including phenoxy) is 2. The third-order valence-electron chi connectivity index (χ3n) is 7.80. The number of aliphatic hydroxyl groups excluding tert-OH is 1. The molecule has 1 atom stereocenters. The first kappa shape index (κ1) is 43.1. The van der Waals surface area contributed by atoms with E-state index in [0.29, 0.717) is 13.0 Å². The Labute approximate surface area is 279 Å². The fourth-order valence-corrected chi connectivity index (χ4v) is 4.96. The van der Waals surface area contributed by atoms with Gasteiger partial charge in [0, 0.05) is 13.0 Å². The molecule has 0 aromatic carbocycles. The summed E-state index contributed by atoms with van der Waals surface area (Å²) < 4.78 is 11.1. The highest BCUT2D eigenvalue weighted by Crippen LogP contribution is 2.11. The van der Waals surface area contributed by atoms with E-state index < -0.39 is 6.10 Å². The molecular weight excluding hydrogens is 556 g/mol. The number of carbonyl (C=O) groups excluding carboxylic acids is 1. The van der Waals surface area contributed by atoms with Gasteiger partial charge < -0.3 is 14.6 Å². The number of allylic oxidation sites excluding steroid dienone is 10. The minimum absolute atomic E-state index is 0.184. The molecule has 0 aliphatic carbocycles. The first-order valence-corrected chi connectivity index (χ1v) is 18.9. The first-order chi connectivity index (χ1) is 22.2. The zero-order chi connectivity index (χ0) is 32.7. The molecular formula is C41H72O4. The summed E-state index contributed by atoms with van der Waals surface area (Å²) in [6, 6.07) is 0. The molecule has 45 heavy (non-hydrogen) atoms. The number of unbranched alkanes of at least 4 members (excludes halogenated alkanes) is 16. The van der Waals surface area contributed by atoms with Gasteiger partial charge in [0.15, 0.2) is 0 Å². The summed E-state index contributed by atoms with van der Waals surface area (Å²) in [6.07, 6.45) is 49.7. The summed E-state index contributed by atoms with van der Waals surface area (Å²) in [4.78, 5) is 12.2. The van der Waals surface area contributed by atoms with Gasteiger partial charge in [-0.05, 0) is 77.0 Å². The van der Waals surface area contributed by atoms with Crippen molar-refractivity contribution in [1.82, 2.24) is 0 Å². The quantitative estimate of drug-likeness (QED) is 0.0437. The number of hydrogen-bond donors (Lipinski definition) is 1. The highest BCUT2D eigenvalue weighted by atomic mass is 16.6. The summed E-state index contributed by atoms with van der Waals surface area (Å²) in [5, 5.41) is 9.56. The molecule has 0 saturated heterocycles. The van der Waals surface area contributed by atoms with Gasteiger partial charge in [-0.1, -0.05) is 145 Å². The SMILES string of the molecule is CCC/C=C\C/C=C\CCCCCCCCOCC(CO)OC(=O)CCCCCCCC/C=C\C/C=C\C/C=C\CCCCC. The summed E-state index contributed by atoms with van der Waals surface area (Å²) in [6.45, 7) is 5.21. The van der Waals surface area contributed by atoms with E-state index in [1.807, 2.05) is 0 Å². The third kappa shape index (κ3) is 36.4. The molecule has 0 radical (unpaired) electrons. The molecule has 0 amide bonds. The van der Waals surface area contributed by atoms with E-state index in [2.05, 4.69) is 74.6 Å². The zero-order valence-electron chi connectivity index (χ0n) is 29.6. The molecule has 0 spiro atoms. The maximum atomic E-state index is 12.2. The summed E-state index contributed by atoms with van der Waals surface area (Å²) in [5.41, 5.74) is 0. The van der Waals surface area contributed by atoms with Crippen LogP contribution in [0.1, 0.15) is 168 Å². The van der Waals surface area contributed by atoms with Gasteiger partial charge in [0.25, 0.3) is 0 Å². The lowest BCUT2D eigenvalue weighted by molar-refractivity contribution is -0.154. The molecule has 0 aliphatic heterocycles. The summed E-state index contributed by atoms with van der Waals surface area (Å²) in [7, 11) is 0. The van der Waals surface area contributed by atoms with Crippen molar-refractivity contribution in [3.05, 3.63) is 60.8 Å². The van der Waals surface area contributed by atoms with Crippen molar-refractivity contribution in [2.75, 3.05) is 19.8 Å². The van der Waals surface area contributed by atoms with E-state index in [9.17, 15) is 9.90 Å². The van der Waals surface area contributed by atoms with Gasteiger partial charge in [-0.2, -0.15) is 0 Å². The predicted molar refractivity (Wildman–Crippen MR) is 196 cm³/mol. The molecule has 1 N–H and O–H groups in total. The van der Waals surface area contributed by atoms with Crippen molar-refractivity contribution < 1.29 is 19.4 Å². The van der Waals surface area contributed by atoms with Crippen LogP contribution in [-0.2, 0) is 14.3 Å². The van der Waals surface area contributed by atoms with Gasteiger partial charge in [-0.25, -0.2) is 0 Å². The van der Waals surface area contributed by atoms with E-state index in [4.69, 9.17) is 9.47 Å². The second-order valence-corrected chi connectivity index (χ2v) is 12.3. The molecule has 1 unspecified atom stereocenters. The zero-order valence-corrected chi connectivity index (χ0v) is 29.6. The Hall–Kier alpha value is -1.91. The average molecular weight is 629 g/mol. The molecule has 0 aromatic heterocycles. The van der Waals surface area contributed by atoms with Crippen LogP contribution < -0.4 is 0 Å². The second-order valence-electron chi connectivity index (χ2n) is 12.3. The highest BCUT2D eigenvalue weighted by Gasteiger charge is 2.13. The van der Waals surface area contributed by atoms with E-state index >= 15 is 0 Å². The Kier molecular flexibility index (Phi) is 36.6. The van der Waals surface area contributed by atoms with Crippen molar-refractivity contribution >= 4 is 5.97 Å². The number of esters is 1. The fourth-order valence-electron chi connectivity index (χ4n) is 4.96. The minimum atomic E-state index is -0.548. The van der Waals surface area contributed by atoms with Crippen LogP contribution in [0.3, 0.4) is 0 Å². The van der Waals surface area contributed by atoms with Crippen LogP contribution in [0.2, 0.25) is 0 Å². The molecule has 4 heteroatoms. The molecule has 0 rings (SSSR count). The smallest absolute Gasteiger partial charge is 0.306 e. The Morgan fingerprint density at radius 2 is 0.978 bits per heavy atom. The molecule has 0 heterocycles. The van der Waals surface area contributed by atoms with Crippen LogP contribution in [0.4, 0.5) is 0 Å². The van der Waals surface area contributed by atoms with Gasteiger partial charge in [-0.3, -0.25) is 4.79 Å². The van der Waals surface area contributed by atoms with Crippen LogP contribution in [0, 0.1) is 0 Å². The van der Waals surface area contributed by atoms with Crippen LogP contribution in [-0.4, -0.2) is 37.0 Å². The van der Waals surface area contributed by atoms with Crippen molar-refractivity contribution in [3.63, 3.8) is 0 Å². The average Bonchev–Trinajstić information content (AvgIpc) is 3.05. The number of aliphatic hydroxyl groups is 1. The number of carbonyl (C=O) groups is 1. The van der Waals surface area contributed by atoms with Gasteiger partial charge in [0.1, 0.15) is 6.10 Å². The molecule has 0 bridgehead atoms. The van der Waals surface area contributed by atoms with Crippen molar-refractivity contribution in [2.24, 2.45) is 0 Å². The summed E-state index contributed by atoms with van der Waals surface area (Å²) in [5.74, 6) is -0.220. The van der Waals surface area contributed by atoms with Crippen LogP contribution in [0.15, 0.2) is 60.8 Å². The highest BCUT2D eigenvalue weighted by molar-refractivity contribution is 5.69. The lowest BCUT2D eigenvalue weighted by atomic mass is 10.1. The van der Waals surface area contributed by atoms with Crippen LogP contribution in [0.25, 0.3) is 0 Å². The standard InChI is InChI=1S/C41H72O4/c1-3-5-7-9-11-13-15-17-19-20-21-22-23-24-26-28-30-32-34-36-41(43)45-40(38-42)39-44-37-35-33-31-29-27-25-18-16-14-12-10-8-6-4-2/h8,10-11,13-14,16-17,19,21-22,40,42H,3-7,9,12,15,18,20,23-39H2,1-2H3/b10-8-,13-11-,16-14-,19-17-,22-21-. The molecule has 4 nitrogen and oxygen atoms in total. The van der Waals surface area contributed by atoms with Crippen molar-refractivity contribution in [1.29, 1.82) is 0 Å². The van der Waals surface area contributed by atoms with Gasteiger partial charge in [-0.15, -0.1) is 0 Å². The fraction of sp³-hybridized carbons (Fsp3) is 0.732. The van der Waals surface area contributed by atoms with Gasteiger partial charge in [0.05, 0.1) is 13.2 Å². The van der Waals surface area contributed by atoms with E-state index in [1.54, 1.807) is 0 Å². The van der Waals surface area contributed by atoms with E-state index in [0.717, 1.165) is 57.8 Å². The topological polar surface area (TPSA) is 55.8 Å². The Morgan fingerprint density at radius 3 is 1.49 bits per heavy atom. The largest absolute Gasteiger partial charge is 0.457 e. The predicted octanol–water partition coefficient (Wildman–Crippen LogP) is 12.1. The maximum Gasteiger partial charge on any atom is 0.306 e. The van der Waals surface area contributed by atoms with E-state index in [-0.39, 0.29) is 19.2 Å². The van der Waals surface area contributed by atoms with Crippen LogP contribution >= 0.6 is 0 Å². The maximum absolute atomic E-state index is 12.2. The lowest BCUT2D eigenvalue weighted by Gasteiger charge is -2.15.